The maximum atomic E-state index is 12.1. The summed E-state index contributed by atoms with van der Waals surface area (Å²) in [6.45, 7) is -0.237. The first kappa shape index (κ1) is 12.6. The number of carbonyl (C=O) groups excluding carboxylic acids is 3. The number of rotatable bonds is 1. The van der Waals surface area contributed by atoms with Crippen molar-refractivity contribution < 1.29 is 14.4 Å². The van der Waals surface area contributed by atoms with E-state index in [1.54, 1.807) is 18.2 Å². The lowest BCUT2D eigenvalue weighted by Crippen LogP contribution is -2.53. The van der Waals surface area contributed by atoms with Crippen LogP contribution in [0.1, 0.15) is 10.4 Å². The molecule has 0 radical (unpaired) electrons. The van der Waals surface area contributed by atoms with Gasteiger partial charge in [-0.25, -0.2) is 0 Å². The molecule has 2 rings (SSSR count). The van der Waals surface area contributed by atoms with Crippen LogP contribution in [0.25, 0.3) is 0 Å². The van der Waals surface area contributed by atoms with Gasteiger partial charge < -0.3 is 10.6 Å². The fourth-order valence-corrected chi connectivity index (χ4v) is 2.00. The van der Waals surface area contributed by atoms with E-state index < -0.39 is 11.8 Å². The summed E-state index contributed by atoms with van der Waals surface area (Å²) >= 11 is 3.22. The molecule has 1 saturated heterocycles. The Kier molecular flexibility index (Phi) is 3.33. The van der Waals surface area contributed by atoms with Crippen molar-refractivity contribution in [1.29, 1.82) is 0 Å². The van der Waals surface area contributed by atoms with Crippen molar-refractivity contribution in [3.05, 3.63) is 28.2 Å². The molecule has 1 aliphatic rings. The maximum absolute atomic E-state index is 12.1. The fraction of sp³-hybridized carbons (Fsp3) is 0.182. The predicted molar refractivity (Wildman–Crippen MR) is 67.6 cm³/mol. The highest BCUT2D eigenvalue weighted by Gasteiger charge is 2.27. The number of nitrogens with two attached hydrogens (primary N) is 1. The van der Waals surface area contributed by atoms with Crippen molar-refractivity contribution in [1.82, 2.24) is 10.2 Å². The van der Waals surface area contributed by atoms with Crippen molar-refractivity contribution in [3.63, 3.8) is 0 Å². The Labute approximate surface area is 111 Å². The smallest absolute Gasteiger partial charge is 0.254 e. The quantitative estimate of drug-likeness (QED) is 0.569. The summed E-state index contributed by atoms with van der Waals surface area (Å²) in [4.78, 5) is 35.7. The van der Waals surface area contributed by atoms with E-state index in [1.807, 2.05) is 0 Å². The molecule has 1 aromatic carbocycles. The number of nitrogens with zero attached hydrogens (tertiary/aromatic N) is 1. The molecule has 3 N–H and O–H groups in total. The molecule has 0 bridgehead atoms. The lowest BCUT2D eigenvalue weighted by molar-refractivity contribution is -0.135. The Bertz CT molecular complexity index is 528. The number of halogens is 1. The molecule has 7 heteroatoms. The third-order valence-electron chi connectivity index (χ3n) is 2.48. The van der Waals surface area contributed by atoms with Crippen LogP contribution < -0.4 is 11.1 Å². The summed E-state index contributed by atoms with van der Waals surface area (Å²) in [6.07, 6.45) is 0. The fourth-order valence-electron chi connectivity index (χ4n) is 1.62. The third-order valence-corrected chi connectivity index (χ3v) is 3.17. The van der Waals surface area contributed by atoms with E-state index in [4.69, 9.17) is 5.73 Å². The number of hydrogen-bond donors (Lipinski definition) is 2. The molecule has 0 atom stereocenters. The van der Waals surface area contributed by atoms with Crippen LogP contribution in [0.4, 0.5) is 5.69 Å². The zero-order chi connectivity index (χ0) is 13.3. The SMILES string of the molecule is Nc1ccc(C(=O)N2CC(=O)NC(=O)C2)cc1Br. The number of amides is 3. The lowest BCUT2D eigenvalue weighted by Gasteiger charge is -2.25. The zero-order valence-electron chi connectivity index (χ0n) is 9.27. The van der Waals surface area contributed by atoms with E-state index in [1.165, 1.54) is 4.90 Å². The average Bonchev–Trinajstić information content (AvgIpc) is 2.30. The van der Waals surface area contributed by atoms with E-state index >= 15 is 0 Å². The minimum absolute atomic E-state index is 0.118. The molecule has 1 aromatic rings. The zero-order valence-corrected chi connectivity index (χ0v) is 10.9. The number of nitrogen functional groups attached to an aromatic ring is 1. The molecular formula is C11H10BrN3O3. The first-order valence-corrected chi connectivity index (χ1v) is 5.93. The van der Waals surface area contributed by atoms with Gasteiger partial charge >= 0.3 is 0 Å². The van der Waals surface area contributed by atoms with Gasteiger partial charge in [-0.15, -0.1) is 0 Å². The van der Waals surface area contributed by atoms with Gasteiger partial charge in [0.15, 0.2) is 0 Å². The van der Waals surface area contributed by atoms with Crippen molar-refractivity contribution >= 4 is 39.3 Å². The van der Waals surface area contributed by atoms with Crippen LogP contribution in [-0.2, 0) is 9.59 Å². The van der Waals surface area contributed by atoms with Crippen LogP contribution in [-0.4, -0.2) is 35.7 Å². The van der Waals surface area contributed by atoms with E-state index in [0.29, 0.717) is 15.7 Å². The largest absolute Gasteiger partial charge is 0.398 e. The summed E-state index contributed by atoms with van der Waals surface area (Å²) in [6, 6.07) is 4.71. The Balaban J connectivity index is 2.22. The van der Waals surface area contributed by atoms with Gasteiger partial charge in [-0.2, -0.15) is 0 Å². The number of hydrogen-bond acceptors (Lipinski definition) is 4. The lowest BCUT2D eigenvalue weighted by atomic mass is 10.1. The standard InChI is InChI=1S/C11H10BrN3O3/c12-7-3-6(1-2-8(7)13)11(18)15-4-9(16)14-10(17)5-15/h1-3H,4-5,13H2,(H,14,16,17). The maximum Gasteiger partial charge on any atom is 0.254 e. The molecule has 6 nitrogen and oxygen atoms in total. The molecule has 0 unspecified atom stereocenters. The minimum atomic E-state index is -0.478. The molecule has 0 aliphatic carbocycles. The molecule has 18 heavy (non-hydrogen) atoms. The highest BCUT2D eigenvalue weighted by Crippen LogP contribution is 2.21. The number of carbonyl (C=O) groups is 3. The van der Waals surface area contributed by atoms with Gasteiger partial charge in [0, 0.05) is 15.7 Å². The van der Waals surface area contributed by atoms with Crippen molar-refractivity contribution in [2.45, 2.75) is 0 Å². The normalized spacial score (nSPS) is 15.5. The molecule has 1 fully saturated rings. The Hall–Kier alpha value is -1.89. The van der Waals surface area contributed by atoms with Gasteiger partial charge in [0.25, 0.3) is 5.91 Å². The second kappa shape index (κ2) is 4.77. The van der Waals surface area contributed by atoms with Crippen molar-refractivity contribution in [3.8, 4) is 0 Å². The topological polar surface area (TPSA) is 92.5 Å². The van der Waals surface area contributed by atoms with Crippen LogP contribution in [0, 0.1) is 0 Å². The van der Waals surface area contributed by atoms with Crippen LogP contribution in [0.5, 0.6) is 0 Å². The molecule has 3 amide bonds. The van der Waals surface area contributed by atoms with Crippen LogP contribution in [0.15, 0.2) is 22.7 Å². The summed E-state index contributed by atoms with van der Waals surface area (Å²) in [5.41, 5.74) is 6.51. The predicted octanol–water partition coefficient (Wildman–Crippen LogP) is 0.130. The van der Waals surface area contributed by atoms with Crippen LogP contribution >= 0.6 is 15.9 Å². The van der Waals surface area contributed by atoms with Gasteiger partial charge in [-0.1, -0.05) is 0 Å². The number of piperazine rings is 1. The number of nitrogens with one attached hydrogen (secondary N) is 1. The first-order valence-electron chi connectivity index (χ1n) is 5.14. The van der Waals surface area contributed by atoms with E-state index in [0.717, 1.165) is 0 Å². The van der Waals surface area contributed by atoms with Crippen molar-refractivity contribution in [2.75, 3.05) is 18.8 Å². The molecule has 0 spiro atoms. The molecule has 1 aliphatic heterocycles. The Morgan fingerprint density at radius 1 is 1.28 bits per heavy atom. The highest BCUT2D eigenvalue weighted by molar-refractivity contribution is 9.10. The monoisotopic (exact) mass is 311 g/mol. The van der Waals surface area contributed by atoms with Crippen molar-refractivity contribution in [2.24, 2.45) is 0 Å². The average molecular weight is 312 g/mol. The third kappa shape index (κ3) is 2.51. The second-order valence-electron chi connectivity index (χ2n) is 3.87. The van der Waals surface area contributed by atoms with Crippen LogP contribution in [0.2, 0.25) is 0 Å². The van der Waals surface area contributed by atoms with E-state index in [9.17, 15) is 14.4 Å². The summed E-state index contributed by atoms with van der Waals surface area (Å²) in [7, 11) is 0. The minimum Gasteiger partial charge on any atom is -0.398 e. The number of benzene rings is 1. The van der Waals surface area contributed by atoms with Crippen LogP contribution in [0.3, 0.4) is 0 Å². The Morgan fingerprint density at radius 2 is 1.89 bits per heavy atom. The first-order chi connectivity index (χ1) is 8.47. The molecule has 1 heterocycles. The van der Waals surface area contributed by atoms with Gasteiger partial charge in [0.05, 0.1) is 0 Å². The van der Waals surface area contributed by atoms with E-state index in [2.05, 4.69) is 21.2 Å². The highest BCUT2D eigenvalue weighted by atomic mass is 79.9. The molecule has 0 saturated carbocycles. The Morgan fingerprint density at radius 3 is 2.44 bits per heavy atom. The summed E-state index contributed by atoms with van der Waals surface area (Å²) in [5, 5.41) is 2.14. The molecular weight excluding hydrogens is 302 g/mol. The second-order valence-corrected chi connectivity index (χ2v) is 4.72. The van der Waals surface area contributed by atoms with Gasteiger partial charge in [0.2, 0.25) is 11.8 Å². The number of anilines is 1. The molecule has 0 aromatic heterocycles. The summed E-state index contributed by atoms with van der Waals surface area (Å²) in [5.74, 6) is -1.33. The summed E-state index contributed by atoms with van der Waals surface area (Å²) < 4.78 is 0.598. The number of imide groups is 1. The molecule has 94 valence electrons. The van der Waals surface area contributed by atoms with Gasteiger partial charge in [-0.3, -0.25) is 19.7 Å². The van der Waals surface area contributed by atoms with Gasteiger partial charge in [0.1, 0.15) is 13.1 Å². The van der Waals surface area contributed by atoms with Gasteiger partial charge in [-0.05, 0) is 34.1 Å². The van der Waals surface area contributed by atoms with E-state index in [-0.39, 0.29) is 19.0 Å².